The molecule has 2 aromatic heterocycles. The Morgan fingerprint density at radius 3 is 2.61 bits per heavy atom. The van der Waals surface area contributed by atoms with Crippen molar-refractivity contribution in [3.8, 4) is 0 Å². The van der Waals surface area contributed by atoms with E-state index in [-0.39, 0.29) is 24.0 Å². The number of aliphatic imine (C=N–C) groups is 1. The molecule has 3 heterocycles. The van der Waals surface area contributed by atoms with Crippen molar-refractivity contribution in [3.05, 3.63) is 21.9 Å². The molecule has 1 aliphatic rings. The highest BCUT2D eigenvalue weighted by Crippen LogP contribution is 2.19. The van der Waals surface area contributed by atoms with Crippen LogP contribution in [-0.4, -0.2) is 65.0 Å². The van der Waals surface area contributed by atoms with Crippen LogP contribution in [0.1, 0.15) is 36.3 Å². The van der Waals surface area contributed by atoms with Crippen LogP contribution in [0.2, 0.25) is 0 Å². The number of rotatable bonds is 7. The highest BCUT2D eigenvalue weighted by molar-refractivity contribution is 14.0. The van der Waals surface area contributed by atoms with Gasteiger partial charge in [0.1, 0.15) is 5.82 Å². The highest BCUT2D eigenvalue weighted by atomic mass is 127. The maximum atomic E-state index is 4.60. The van der Waals surface area contributed by atoms with E-state index in [1.807, 2.05) is 7.05 Å². The molecule has 0 aliphatic carbocycles. The van der Waals surface area contributed by atoms with Gasteiger partial charge in [0.15, 0.2) is 5.96 Å². The SMILES string of the molecule is CCc1nsc(N2CCN(C(=NC)NCCCCc3nc(C)cs3)CC2)n1.I. The Hall–Kier alpha value is -1.01. The number of halogens is 1. The summed E-state index contributed by atoms with van der Waals surface area (Å²) in [5.41, 5.74) is 1.13. The van der Waals surface area contributed by atoms with E-state index in [0.717, 1.165) is 81.0 Å². The lowest BCUT2D eigenvalue weighted by atomic mass is 10.2. The molecule has 156 valence electrons. The van der Waals surface area contributed by atoms with Gasteiger partial charge in [-0.05, 0) is 26.2 Å². The third-order valence-electron chi connectivity index (χ3n) is 4.60. The number of unbranched alkanes of at least 4 members (excludes halogenated alkanes) is 1. The zero-order valence-electron chi connectivity index (χ0n) is 16.8. The summed E-state index contributed by atoms with van der Waals surface area (Å²) < 4.78 is 4.40. The van der Waals surface area contributed by atoms with E-state index < -0.39 is 0 Å². The van der Waals surface area contributed by atoms with Crippen molar-refractivity contribution in [2.24, 2.45) is 4.99 Å². The van der Waals surface area contributed by atoms with E-state index in [1.165, 1.54) is 16.5 Å². The van der Waals surface area contributed by atoms with E-state index in [4.69, 9.17) is 0 Å². The fourth-order valence-electron chi connectivity index (χ4n) is 3.08. The van der Waals surface area contributed by atoms with Gasteiger partial charge < -0.3 is 15.1 Å². The van der Waals surface area contributed by atoms with Crippen LogP contribution in [0.25, 0.3) is 0 Å². The first-order chi connectivity index (χ1) is 13.2. The van der Waals surface area contributed by atoms with Crippen molar-refractivity contribution in [3.63, 3.8) is 0 Å². The van der Waals surface area contributed by atoms with Crippen LogP contribution in [0.15, 0.2) is 10.4 Å². The first kappa shape index (κ1) is 23.3. The number of anilines is 1. The molecule has 0 spiro atoms. The molecule has 2 aromatic rings. The van der Waals surface area contributed by atoms with E-state index in [2.05, 4.69) is 53.7 Å². The molecule has 1 aliphatic heterocycles. The van der Waals surface area contributed by atoms with Gasteiger partial charge in [0, 0.05) is 68.8 Å². The number of thiazole rings is 1. The van der Waals surface area contributed by atoms with Gasteiger partial charge in [0.25, 0.3) is 0 Å². The number of hydrogen-bond donors (Lipinski definition) is 1. The van der Waals surface area contributed by atoms with Crippen molar-refractivity contribution in [2.75, 3.05) is 44.7 Å². The van der Waals surface area contributed by atoms with Gasteiger partial charge in [0.2, 0.25) is 5.13 Å². The maximum Gasteiger partial charge on any atom is 0.205 e. The summed E-state index contributed by atoms with van der Waals surface area (Å²) in [5.74, 6) is 1.95. The standard InChI is InChI=1S/C18H29N7S2.HI/c1-4-15-22-18(27-23-15)25-11-9-24(10-12-25)17(19-3)20-8-6-5-7-16-21-14(2)13-26-16;/h13H,4-12H2,1-3H3,(H,19,20);1H. The summed E-state index contributed by atoms with van der Waals surface area (Å²) in [7, 11) is 1.87. The van der Waals surface area contributed by atoms with Gasteiger partial charge in [-0.2, -0.15) is 4.37 Å². The van der Waals surface area contributed by atoms with E-state index in [1.54, 1.807) is 11.3 Å². The van der Waals surface area contributed by atoms with Gasteiger partial charge in [-0.1, -0.05) is 6.92 Å². The van der Waals surface area contributed by atoms with Gasteiger partial charge in [-0.15, -0.1) is 35.3 Å². The van der Waals surface area contributed by atoms with Crippen LogP contribution >= 0.6 is 46.8 Å². The maximum absolute atomic E-state index is 4.60. The van der Waals surface area contributed by atoms with E-state index in [9.17, 15) is 0 Å². The number of nitrogens with one attached hydrogen (secondary N) is 1. The smallest absolute Gasteiger partial charge is 0.205 e. The number of hydrogen-bond acceptors (Lipinski definition) is 7. The predicted molar refractivity (Wildman–Crippen MR) is 130 cm³/mol. The number of aryl methyl sites for hydroxylation is 3. The van der Waals surface area contributed by atoms with Gasteiger partial charge in [-0.25, -0.2) is 9.97 Å². The summed E-state index contributed by atoms with van der Waals surface area (Å²) >= 11 is 3.28. The van der Waals surface area contributed by atoms with Crippen LogP contribution in [0, 0.1) is 6.92 Å². The average molecular weight is 536 g/mol. The molecule has 7 nitrogen and oxygen atoms in total. The number of aromatic nitrogens is 3. The first-order valence-corrected chi connectivity index (χ1v) is 11.3. The van der Waals surface area contributed by atoms with Crippen LogP contribution in [-0.2, 0) is 12.8 Å². The zero-order chi connectivity index (χ0) is 19.1. The quantitative estimate of drug-likeness (QED) is 0.254. The largest absolute Gasteiger partial charge is 0.356 e. The summed E-state index contributed by atoms with van der Waals surface area (Å²) in [6.45, 7) is 8.94. The minimum Gasteiger partial charge on any atom is -0.356 e. The zero-order valence-corrected chi connectivity index (χ0v) is 20.8. The Morgan fingerprint density at radius 1 is 1.21 bits per heavy atom. The van der Waals surface area contributed by atoms with Gasteiger partial charge >= 0.3 is 0 Å². The Morgan fingerprint density at radius 2 is 2.00 bits per heavy atom. The predicted octanol–water partition coefficient (Wildman–Crippen LogP) is 3.20. The van der Waals surface area contributed by atoms with Crippen molar-refractivity contribution in [2.45, 2.75) is 39.5 Å². The molecule has 0 aromatic carbocycles. The molecular formula is C18H30IN7S2. The lowest BCUT2D eigenvalue weighted by Gasteiger charge is -2.36. The molecule has 1 saturated heterocycles. The summed E-state index contributed by atoms with van der Waals surface area (Å²) in [4.78, 5) is 18.3. The van der Waals surface area contributed by atoms with E-state index >= 15 is 0 Å². The Kier molecular flexibility index (Phi) is 9.86. The summed E-state index contributed by atoms with van der Waals surface area (Å²) in [6, 6.07) is 0. The third kappa shape index (κ3) is 6.51. The Bertz CT molecular complexity index is 738. The molecule has 3 rings (SSSR count). The van der Waals surface area contributed by atoms with Crippen molar-refractivity contribution in [1.82, 2.24) is 24.6 Å². The van der Waals surface area contributed by atoms with Crippen LogP contribution in [0.4, 0.5) is 5.13 Å². The molecule has 0 radical (unpaired) electrons. The van der Waals surface area contributed by atoms with Crippen LogP contribution < -0.4 is 10.2 Å². The summed E-state index contributed by atoms with van der Waals surface area (Å²) in [5, 5.41) is 7.93. The molecule has 0 atom stereocenters. The van der Waals surface area contributed by atoms with Crippen molar-refractivity contribution in [1.29, 1.82) is 0 Å². The third-order valence-corrected chi connectivity index (χ3v) is 6.44. The second-order valence-electron chi connectivity index (χ2n) is 6.63. The van der Waals surface area contributed by atoms with Gasteiger partial charge in [-0.3, -0.25) is 4.99 Å². The van der Waals surface area contributed by atoms with Crippen LogP contribution in [0.5, 0.6) is 0 Å². The molecule has 1 fully saturated rings. The van der Waals surface area contributed by atoms with Crippen LogP contribution in [0.3, 0.4) is 0 Å². The molecule has 28 heavy (non-hydrogen) atoms. The molecule has 0 amide bonds. The first-order valence-electron chi connectivity index (χ1n) is 9.63. The number of piperazine rings is 1. The highest BCUT2D eigenvalue weighted by Gasteiger charge is 2.21. The average Bonchev–Trinajstić information content (AvgIpc) is 3.34. The fraction of sp³-hybridized carbons (Fsp3) is 0.667. The molecular weight excluding hydrogens is 505 g/mol. The van der Waals surface area contributed by atoms with Crippen molar-refractivity contribution >= 4 is 57.9 Å². The minimum absolute atomic E-state index is 0. The monoisotopic (exact) mass is 535 g/mol. The van der Waals surface area contributed by atoms with E-state index in [0.29, 0.717) is 0 Å². The Balaban J connectivity index is 0.00000280. The lowest BCUT2D eigenvalue weighted by molar-refractivity contribution is 0.372. The Labute approximate surface area is 192 Å². The topological polar surface area (TPSA) is 69.5 Å². The molecule has 1 N–H and O–H groups in total. The molecule has 0 unspecified atom stereocenters. The van der Waals surface area contributed by atoms with Gasteiger partial charge in [0.05, 0.1) is 5.01 Å². The summed E-state index contributed by atoms with van der Waals surface area (Å²) in [6.07, 6.45) is 4.25. The second kappa shape index (κ2) is 11.9. The molecule has 0 bridgehead atoms. The molecule has 0 saturated carbocycles. The van der Waals surface area contributed by atoms with Crippen molar-refractivity contribution < 1.29 is 0 Å². The lowest BCUT2D eigenvalue weighted by Crippen LogP contribution is -2.52. The molecule has 10 heteroatoms. The number of guanidine groups is 1. The normalized spacial score (nSPS) is 14.9. The minimum atomic E-state index is 0. The second-order valence-corrected chi connectivity index (χ2v) is 8.31. The number of nitrogens with zero attached hydrogens (tertiary/aromatic N) is 6. The fourth-order valence-corrected chi connectivity index (χ4v) is 4.70.